The van der Waals surface area contributed by atoms with Gasteiger partial charge >= 0.3 is 0 Å². The van der Waals surface area contributed by atoms with Gasteiger partial charge in [0.05, 0.1) is 12.1 Å². The van der Waals surface area contributed by atoms with Crippen LogP contribution in [0.25, 0.3) is 0 Å². The Balaban J connectivity index is 2.75. The van der Waals surface area contributed by atoms with Crippen LogP contribution in [0.5, 0.6) is 5.75 Å². The van der Waals surface area contributed by atoms with E-state index in [1.165, 1.54) is 0 Å². The number of benzene rings is 1. The predicted octanol–water partition coefficient (Wildman–Crippen LogP) is 1.93. The van der Waals surface area contributed by atoms with Crippen LogP contribution in [0.1, 0.15) is 25.5 Å². The van der Waals surface area contributed by atoms with E-state index in [1.54, 1.807) is 7.05 Å². The Morgan fingerprint density at radius 1 is 1.27 bits per heavy atom. The first-order valence-electron chi connectivity index (χ1n) is 5.06. The first-order valence-corrected chi connectivity index (χ1v) is 5.06. The lowest BCUT2D eigenvalue weighted by Crippen LogP contribution is -2.17. The van der Waals surface area contributed by atoms with Crippen molar-refractivity contribution in [2.24, 2.45) is 0 Å². The molecule has 3 heteroatoms. The molecule has 1 N–H and O–H groups in total. The molecular formula is C12H17NO2. The number of likely N-dealkylation sites (N-methyl/N-ethyl adjacent to an activating group) is 1. The molecule has 82 valence electrons. The fraction of sp³-hybridized carbons (Fsp3) is 0.417. The quantitative estimate of drug-likeness (QED) is 0.750. The summed E-state index contributed by atoms with van der Waals surface area (Å²) in [5, 5.41) is 2.92. The standard InChI is InChI=1S/C12H17NO2/c1-9(2)15-11-6-4-10(5-7-11)12(8-14)13-3/h4-9,12-13H,1-3H3. The molecule has 0 radical (unpaired) electrons. The van der Waals surface area contributed by atoms with E-state index in [2.05, 4.69) is 5.32 Å². The molecule has 0 fully saturated rings. The van der Waals surface area contributed by atoms with Gasteiger partial charge in [-0.15, -0.1) is 0 Å². The molecule has 0 bridgehead atoms. The van der Waals surface area contributed by atoms with Gasteiger partial charge in [-0.3, -0.25) is 0 Å². The van der Waals surface area contributed by atoms with Crippen LogP contribution in [0, 0.1) is 0 Å². The van der Waals surface area contributed by atoms with Gasteiger partial charge in [0.15, 0.2) is 0 Å². The van der Waals surface area contributed by atoms with Gasteiger partial charge in [0.1, 0.15) is 12.0 Å². The average Bonchev–Trinajstić information content (AvgIpc) is 2.21. The lowest BCUT2D eigenvalue weighted by Gasteiger charge is -2.12. The third-order valence-corrected chi connectivity index (χ3v) is 2.06. The number of aldehydes is 1. The van der Waals surface area contributed by atoms with Crippen LogP contribution in [-0.4, -0.2) is 19.4 Å². The second kappa shape index (κ2) is 5.51. The second-order valence-electron chi connectivity index (χ2n) is 3.64. The molecule has 0 saturated carbocycles. The summed E-state index contributed by atoms with van der Waals surface area (Å²) >= 11 is 0. The van der Waals surface area contributed by atoms with Crippen molar-refractivity contribution < 1.29 is 9.53 Å². The summed E-state index contributed by atoms with van der Waals surface area (Å²) < 4.78 is 5.51. The molecule has 1 aromatic rings. The van der Waals surface area contributed by atoms with Gasteiger partial charge in [0.2, 0.25) is 0 Å². The molecule has 0 aliphatic heterocycles. The number of hydrogen-bond acceptors (Lipinski definition) is 3. The normalized spacial score (nSPS) is 12.5. The Bertz CT molecular complexity index is 306. The maximum Gasteiger partial charge on any atom is 0.141 e. The van der Waals surface area contributed by atoms with E-state index in [4.69, 9.17) is 4.74 Å². The number of nitrogens with one attached hydrogen (secondary N) is 1. The third-order valence-electron chi connectivity index (χ3n) is 2.06. The van der Waals surface area contributed by atoms with Crippen LogP contribution in [-0.2, 0) is 4.79 Å². The van der Waals surface area contributed by atoms with Gasteiger partial charge in [-0.25, -0.2) is 0 Å². The fourth-order valence-corrected chi connectivity index (χ4v) is 1.34. The summed E-state index contributed by atoms with van der Waals surface area (Å²) in [6.07, 6.45) is 1.06. The van der Waals surface area contributed by atoms with Gasteiger partial charge in [-0.05, 0) is 38.6 Å². The molecule has 1 unspecified atom stereocenters. The monoisotopic (exact) mass is 207 g/mol. The lowest BCUT2D eigenvalue weighted by atomic mass is 10.1. The first-order chi connectivity index (χ1) is 7.17. The van der Waals surface area contributed by atoms with E-state index < -0.39 is 0 Å². The number of ether oxygens (including phenoxy) is 1. The Hall–Kier alpha value is -1.35. The Morgan fingerprint density at radius 3 is 2.27 bits per heavy atom. The number of hydrogen-bond donors (Lipinski definition) is 1. The second-order valence-corrected chi connectivity index (χ2v) is 3.64. The molecule has 0 saturated heterocycles. The van der Waals surface area contributed by atoms with Gasteiger partial charge in [0.25, 0.3) is 0 Å². The van der Waals surface area contributed by atoms with Crippen LogP contribution in [0.15, 0.2) is 24.3 Å². The molecule has 1 rings (SSSR count). The van der Waals surface area contributed by atoms with Crippen molar-refractivity contribution in [3.8, 4) is 5.75 Å². The van der Waals surface area contributed by atoms with Crippen LogP contribution in [0.3, 0.4) is 0 Å². The number of carbonyl (C=O) groups is 1. The Morgan fingerprint density at radius 2 is 1.87 bits per heavy atom. The molecule has 1 aromatic carbocycles. The van der Waals surface area contributed by atoms with E-state index in [-0.39, 0.29) is 12.1 Å². The minimum Gasteiger partial charge on any atom is -0.491 e. The first kappa shape index (κ1) is 11.7. The highest BCUT2D eigenvalue weighted by atomic mass is 16.5. The minimum absolute atomic E-state index is 0.169. The molecule has 0 heterocycles. The molecule has 0 amide bonds. The van der Waals surface area contributed by atoms with Gasteiger partial charge in [0, 0.05) is 0 Å². The lowest BCUT2D eigenvalue weighted by molar-refractivity contribution is -0.109. The predicted molar refractivity (Wildman–Crippen MR) is 60.1 cm³/mol. The third kappa shape index (κ3) is 3.36. The Labute approximate surface area is 90.4 Å². The highest BCUT2D eigenvalue weighted by molar-refractivity contribution is 5.61. The van der Waals surface area contributed by atoms with E-state index in [0.29, 0.717) is 0 Å². The van der Waals surface area contributed by atoms with E-state index >= 15 is 0 Å². The number of carbonyl (C=O) groups excluding carboxylic acids is 1. The summed E-state index contributed by atoms with van der Waals surface area (Å²) in [6, 6.07) is 7.31. The maximum atomic E-state index is 10.7. The van der Waals surface area contributed by atoms with Crippen molar-refractivity contribution in [3.05, 3.63) is 29.8 Å². The molecule has 0 aliphatic carbocycles. The van der Waals surface area contributed by atoms with Crippen LogP contribution in [0.4, 0.5) is 0 Å². The van der Waals surface area contributed by atoms with Crippen molar-refractivity contribution in [1.29, 1.82) is 0 Å². The highest BCUT2D eigenvalue weighted by Gasteiger charge is 2.07. The van der Waals surface area contributed by atoms with Gasteiger partial charge < -0.3 is 14.8 Å². The van der Waals surface area contributed by atoms with Gasteiger partial charge in [-0.1, -0.05) is 12.1 Å². The summed E-state index contributed by atoms with van der Waals surface area (Å²) in [5.74, 6) is 0.828. The minimum atomic E-state index is -0.238. The molecule has 15 heavy (non-hydrogen) atoms. The average molecular weight is 207 g/mol. The molecule has 0 aliphatic rings. The highest BCUT2D eigenvalue weighted by Crippen LogP contribution is 2.17. The van der Waals surface area contributed by atoms with Crippen LogP contribution < -0.4 is 10.1 Å². The molecule has 1 atom stereocenters. The van der Waals surface area contributed by atoms with Crippen molar-refractivity contribution in [2.75, 3.05) is 7.05 Å². The van der Waals surface area contributed by atoms with Crippen molar-refractivity contribution in [3.63, 3.8) is 0 Å². The molecule has 0 spiro atoms. The molecule has 0 aromatic heterocycles. The Kier molecular flexibility index (Phi) is 4.31. The SMILES string of the molecule is CNC(C=O)c1ccc(OC(C)C)cc1. The van der Waals surface area contributed by atoms with E-state index in [0.717, 1.165) is 17.6 Å². The van der Waals surface area contributed by atoms with Crippen molar-refractivity contribution >= 4 is 6.29 Å². The zero-order chi connectivity index (χ0) is 11.3. The molecule has 3 nitrogen and oxygen atoms in total. The summed E-state index contributed by atoms with van der Waals surface area (Å²) in [7, 11) is 1.76. The maximum absolute atomic E-state index is 10.7. The molecular weight excluding hydrogens is 190 g/mol. The van der Waals surface area contributed by atoms with E-state index in [9.17, 15) is 4.79 Å². The summed E-state index contributed by atoms with van der Waals surface area (Å²) in [6.45, 7) is 3.96. The number of rotatable bonds is 5. The summed E-state index contributed by atoms with van der Waals surface area (Å²) in [5.41, 5.74) is 0.948. The largest absolute Gasteiger partial charge is 0.491 e. The summed E-state index contributed by atoms with van der Waals surface area (Å²) in [4.78, 5) is 10.7. The fourth-order valence-electron chi connectivity index (χ4n) is 1.34. The topological polar surface area (TPSA) is 38.3 Å². The van der Waals surface area contributed by atoms with Crippen LogP contribution in [0.2, 0.25) is 0 Å². The van der Waals surface area contributed by atoms with Crippen molar-refractivity contribution in [1.82, 2.24) is 5.32 Å². The smallest absolute Gasteiger partial charge is 0.141 e. The zero-order valence-electron chi connectivity index (χ0n) is 9.36. The van der Waals surface area contributed by atoms with Crippen LogP contribution >= 0.6 is 0 Å². The van der Waals surface area contributed by atoms with Gasteiger partial charge in [-0.2, -0.15) is 0 Å². The van der Waals surface area contributed by atoms with E-state index in [1.807, 2.05) is 38.1 Å². The zero-order valence-corrected chi connectivity index (χ0v) is 9.36. The van der Waals surface area contributed by atoms with Crippen molar-refractivity contribution in [2.45, 2.75) is 26.0 Å².